The van der Waals surface area contributed by atoms with Crippen LogP contribution in [0.5, 0.6) is 0 Å². The third kappa shape index (κ3) is 3.84. The number of likely N-dealkylation sites (tertiary alicyclic amines) is 1. The summed E-state index contributed by atoms with van der Waals surface area (Å²) in [7, 11) is -3.66. The van der Waals surface area contributed by atoms with Crippen LogP contribution in [0, 0.1) is 12.7 Å². The predicted molar refractivity (Wildman–Crippen MR) is 81.4 cm³/mol. The molecule has 0 unspecified atom stereocenters. The summed E-state index contributed by atoms with van der Waals surface area (Å²) >= 11 is 0. The summed E-state index contributed by atoms with van der Waals surface area (Å²) in [5, 5.41) is 0. The lowest BCUT2D eigenvalue weighted by Crippen LogP contribution is -2.46. The van der Waals surface area contributed by atoms with E-state index >= 15 is 0 Å². The van der Waals surface area contributed by atoms with E-state index in [4.69, 9.17) is 0 Å². The number of rotatable bonds is 4. The smallest absolute Gasteiger partial charge is 0.240 e. The van der Waals surface area contributed by atoms with Crippen molar-refractivity contribution in [2.75, 3.05) is 13.1 Å². The average molecular weight is 328 g/mol. The molecule has 0 bridgehead atoms. The number of carbonyl (C=O) groups is 1. The Balaban J connectivity index is 2.01. The fourth-order valence-electron chi connectivity index (χ4n) is 2.54. The highest BCUT2D eigenvalue weighted by Crippen LogP contribution is 2.17. The molecule has 0 spiro atoms. The molecule has 0 aromatic heterocycles. The van der Waals surface area contributed by atoms with Gasteiger partial charge in [0.2, 0.25) is 15.9 Å². The molecule has 1 N–H and O–H groups in total. The number of sulfonamides is 1. The first-order valence-corrected chi connectivity index (χ1v) is 8.88. The molecule has 0 saturated carbocycles. The zero-order valence-electron chi connectivity index (χ0n) is 12.8. The van der Waals surface area contributed by atoms with Gasteiger partial charge in [0, 0.05) is 25.6 Å². The van der Waals surface area contributed by atoms with Crippen molar-refractivity contribution in [2.45, 2.75) is 44.0 Å². The van der Waals surface area contributed by atoms with Crippen molar-refractivity contribution in [2.24, 2.45) is 0 Å². The Bertz CT molecular complexity index is 653. The minimum atomic E-state index is -3.66. The third-order valence-corrected chi connectivity index (χ3v) is 5.43. The summed E-state index contributed by atoms with van der Waals surface area (Å²) in [5.41, 5.74) is 0.297. The Hall–Kier alpha value is -1.47. The van der Waals surface area contributed by atoms with Gasteiger partial charge in [0.05, 0.1) is 4.90 Å². The molecule has 7 heteroatoms. The third-order valence-electron chi connectivity index (χ3n) is 3.91. The van der Waals surface area contributed by atoms with Crippen molar-refractivity contribution in [3.8, 4) is 0 Å². The monoisotopic (exact) mass is 328 g/mol. The Kier molecular flexibility index (Phi) is 5.18. The maximum atomic E-state index is 13.2. The number of hydrogen-bond acceptors (Lipinski definition) is 3. The van der Waals surface area contributed by atoms with Crippen LogP contribution in [0.15, 0.2) is 23.1 Å². The van der Waals surface area contributed by atoms with Crippen LogP contribution < -0.4 is 4.72 Å². The van der Waals surface area contributed by atoms with Crippen LogP contribution in [0.1, 0.15) is 31.7 Å². The molecule has 22 heavy (non-hydrogen) atoms. The number of aryl methyl sites for hydroxylation is 1. The molecule has 0 aliphatic carbocycles. The molecule has 0 atom stereocenters. The van der Waals surface area contributed by atoms with Crippen LogP contribution in [0.3, 0.4) is 0 Å². The van der Waals surface area contributed by atoms with Gasteiger partial charge in [-0.2, -0.15) is 0 Å². The van der Waals surface area contributed by atoms with Gasteiger partial charge < -0.3 is 4.90 Å². The lowest BCUT2D eigenvalue weighted by Gasteiger charge is -2.32. The maximum Gasteiger partial charge on any atom is 0.240 e. The molecule has 1 saturated heterocycles. The van der Waals surface area contributed by atoms with E-state index in [9.17, 15) is 17.6 Å². The molecule has 1 aliphatic heterocycles. The number of halogens is 1. The molecule has 1 aliphatic rings. The van der Waals surface area contributed by atoms with Gasteiger partial charge in [-0.15, -0.1) is 0 Å². The molecule has 122 valence electrons. The van der Waals surface area contributed by atoms with Gasteiger partial charge in [-0.05, 0) is 43.5 Å². The van der Waals surface area contributed by atoms with Gasteiger partial charge in [-0.25, -0.2) is 17.5 Å². The van der Waals surface area contributed by atoms with E-state index in [1.165, 1.54) is 19.1 Å². The highest BCUT2D eigenvalue weighted by Gasteiger charge is 2.26. The quantitative estimate of drug-likeness (QED) is 0.917. The number of nitrogens with zero attached hydrogens (tertiary/aromatic N) is 1. The van der Waals surface area contributed by atoms with Gasteiger partial charge in [-0.1, -0.05) is 6.92 Å². The van der Waals surface area contributed by atoms with E-state index in [0.29, 0.717) is 37.9 Å². The topological polar surface area (TPSA) is 66.5 Å². The number of amides is 1. The molecule has 0 radical (unpaired) electrons. The van der Waals surface area contributed by atoms with Crippen LogP contribution in [-0.2, 0) is 14.8 Å². The molecule has 2 rings (SSSR count). The van der Waals surface area contributed by atoms with Gasteiger partial charge in [0.15, 0.2) is 0 Å². The minimum Gasteiger partial charge on any atom is -0.343 e. The van der Waals surface area contributed by atoms with Crippen molar-refractivity contribution in [1.29, 1.82) is 0 Å². The number of benzene rings is 1. The standard InChI is InChI=1S/C15H21FN2O3S/c1-3-15(19)18-8-6-12(7-9-18)17-22(20,21)13-4-5-14(16)11(2)10-13/h4-5,10,12,17H,3,6-9H2,1-2H3. The van der Waals surface area contributed by atoms with Gasteiger partial charge in [0.1, 0.15) is 5.82 Å². The highest BCUT2D eigenvalue weighted by molar-refractivity contribution is 7.89. The Labute approximate surface area is 130 Å². The first kappa shape index (κ1) is 16.9. The summed E-state index contributed by atoms with van der Waals surface area (Å²) in [4.78, 5) is 13.4. The molecular weight excluding hydrogens is 307 g/mol. The van der Waals surface area contributed by atoms with Crippen LogP contribution in [0.4, 0.5) is 4.39 Å². The molecule has 1 amide bonds. The molecule has 1 fully saturated rings. The van der Waals surface area contributed by atoms with Crippen LogP contribution in [-0.4, -0.2) is 38.4 Å². The number of nitrogens with one attached hydrogen (secondary N) is 1. The number of carbonyl (C=O) groups excluding carboxylic acids is 1. The maximum absolute atomic E-state index is 13.2. The predicted octanol–water partition coefficient (Wildman–Crippen LogP) is 1.81. The van der Waals surface area contributed by atoms with Gasteiger partial charge in [0.25, 0.3) is 0 Å². The van der Waals surface area contributed by atoms with E-state index in [-0.39, 0.29) is 16.8 Å². The summed E-state index contributed by atoms with van der Waals surface area (Å²) in [6.45, 7) is 4.46. The Morgan fingerprint density at radius 3 is 2.55 bits per heavy atom. The molecule has 1 heterocycles. The van der Waals surface area contributed by atoms with Gasteiger partial charge in [-0.3, -0.25) is 4.79 Å². The lowest BCUT2D eigenvalue weighted by atomic mass is 10.1. The normalized spacial score (nSPS) is 16.8. The number of hydrogen-bond donors (Lipinski definition) is 1. The summed E-state index contributed by atoms with van der Waals surface area (Å²) in [5.74, 6) is -0.333. The average Bonchev–Trinajstić information content (AvgIpc) is 2.49. The molecule has 5 nitrogen and oxygen atoms in total. The first-order valence-electron chi connectivity index (χ1n) is 7.39. The van der Waals surface area contributed by atoms with Crippen molar-refractivity contribution in [1.82, 2.24) is 9.62 Å². The van der Waals surface area contributed by atoms with Crippen molar-refractivity contribution < 1.29 is 17.6 Å². The number of piperidine rings is 1. The highest BCUT2D eigenvalue weighted by atomic mass is 32.2. The van der Waals surface area contributed by atoms with Crippen LogP contribution in [0.2, 0.25) is 0 Å². The second-order valence-corrected chi connectivity index (χ2v) is 7.25. The fraction of sp³-hybridized carbons (Fsp3) is 0.533. The lowest BCUT2D eigenvalue weighted by molar-refractivity contribution is -0.131. The van der Waals surface area contributed by atoms with E-state index in [1.54, 1.807) is 4.90 Å². The van der Waals surface area contributed by atoms with E-state index < -0.39 is 15.8 Å². The minimum absolute atomic E-state index is 0.0680. The second kappa shape index (κ2) is 6.75. The van der Waals surface area contributed by atoms with E-state index in [1.807, 2.05) is 6.92 Å². The van der Waals surface area contributed by atoms with E-state index in [0.717, 1.165) is 6.07 Å². The second-order valence-electron chi connectivity index (χ2n) is 5.54. The summed E-state index contributed by atoms with van der Waals surface area (Å²) in [6, 6.07) is 3.55. The van der Waals surface area contributed by atoms with Gasteiger partial charge >= 0.3 is 0 Å². The summed E-state index contributed by atoms with van der Waals surface area (Å²) < 4.78 is 40.5. The first-order chi connectivity index (χ1) is 10.3. The Morgan fingerprint density at radius 1 is 1.36 bits per heavy atom. The molecular formula is C15H21FN2O3S. The molecule has 1 aromatic carbocycles. The largest absolute Gasteiger partial charge is 0.343 e. The van der Waals surface area contributed by atoms with Crippen molar-refractivity contribution in [3.63, 3.8) is 0 Å². The zero-order chi connectivity index (χ0) is 16.3. The SMILES string of the molecule is CCC(=O)N1CCC(NS(=O)(=O)c2ccc(F)c(C)c2)CC1. The Morgan fingerprint density at radius 2 is 2.00 bits per heavy atom. The zero-order valence-corrected chi connectivity index (χ0v) is 13.6. The van der Waals surface area contributed by atoms with Crippen molar-refractivity contribution in [3.05, 3.63) is 29.6 Å². The molecule has 1 aromatic rings. The fourth-order valence-corrected chi connectivity index (χ4v) is 3.93. The van der Waals surface area contributed by atoms with Crippen LogP contribution >= 0.6 is 0 Å². The summed E-state index contributed by atoms with van der Waals surface area (Å²) in [6.07, 6.45) is 1.64. The van der Waals surface area contributed by atoms with Crippen LogP contribution in [0.25, 0.3) is 0 Å². The van der Waals surface area contributed by atoms with E-state index in [2.05, 4.69) is 4.72 Å². The van der Waals surface area contributed by atoms with Crippen molar-refractivity contribution >= 4 is 15.9 Å².